The number of halogens is 1. The van der Waals surface area contributed by atoms with Crippen LogP contribution in [0, 0.1) is 0 Å². The van der Waals surface area contributed by atoms with Crippen LogP contribution in [0.2, 0.25) is 0 Å². The molecule has 0 aliphatic rings. The Morgan fingerprint density at radius 3 is 2.65 bits per heavy atom. The lowest BCUT2D eigenvalue weighted by Crippen LogP contribution is -2.18. The van der Waals surface area contributed by atoms with E-state index in [1.165, 1.54) is 0 Å². The van der Waals surface area contributed by atoms with Gasteiger partial charge in [0.25, 0.3) is 5.91 Å². The number of carbonyl (C=O) groups excluding carboxylic acids is 1. The zero-order valence-corrected chi connectivity index (χ0v) is 14.5. The Balaban J connectivity index is 2.06. The fraction of sp³-hybridized carbons (Fsp3) is 0.176. The molecule has 2 rings (SSSR count). The summed E-state index contributed by atoms with van der Waals surface area (Å²) in [5.41, 5.74) is 3.78. The maximum absolute atomic E-state index is 12.2. The van der Waals surface area contributed by atoms with Gasteiger partial charge in [-0.15, -0.1) is 0 Å². The summed E-state index contributed by atoms with van der Waals surface area (Å²) in [4.78, 5) is 12.2. The first kappa shape index (κ1) is 17.0. The van der Waals surface area contributed by atoms with Gasteiger partial charge < -0.3 is 9.47 Å². The van der Waals surface area contributed by atoms with Crippen molar-refractivity contribution in [1.82, 2.24) is 5.43 Å². The van der Waals surface area contributed by atoms with E-state index in [0.29, 0.717) is 17.9 Å². The molecule has 0 saturated heterocycles. The second-order valence-electron chi connectivity index (χ2n) is 4.55. The standard InChI is InChI=1S/C17H17BrN2O3/c1-3-23-16-9-6-13(18)10-15(16)17(21)20-19-11-12-4-7-14(22-2)8-5-12/h4-11H,3H2,1-2H3,(H,20,21). The molecule has 23 heavy (non-hydrogen) atoms. The van der Waals surface area contributed by atoms with Gasteiger partial charge in [0.2, 0.25) is 0 Å². The number of methoxy groups -OCH3 is 1. The van der Waals surface area contributed by atoms with Crippen LogP contribution in [0.25, 0.3) is 0 Å². The highest BCUT2D eigenvalue weighted by atomic mass is 79.9. The van der Waals surface area contributed by atoms with Gasteiger partial charge in [-0.3, -0.25) is 4.79 Å². The average molecular weight is 377 g/mol. The Hall–Kier alpha value is -2.34. The second-order valence-corrected chi connectivity index (χ2v) is 5.46. The number of hydrogen-bond donors (Lipinski definition) is 1. The van der Waals surface area contributed by atoms with Gasteiger partial charge in [-0.2, -0.15) is 5.10 Å². The lowest BCUT2D eigenvalue weighted by molar-refractivity contribution is 0.0951. The van der Waals surface area contributed by atoms with Crippen molar-refractivity contribution in [3.05, 3.63) is 58.1 Å². The van der Waals surface area contributed by atoms with Crippen molar-refractivity contribution >= 4 is 28.1 Å². The molecular formula is C17H17BrN2O3. The summed E-state index contributed by atoms with van der Waals surface area (Å²) in [6, 6.07) is 12.6. The first-order valence-electron chi connectivity index (χ1n) is 7.04. The molecule has 0 saturated carbocycles. The second kappa shape index (κ2) is 8.33. The number of rotatable bonds is 6. The highest BCUT2D eigenvalue weighted by Crippen LogP contribution is 2.23. The minimum atomic E-state index is -0.334. The topological polar surface area (TPSA) is 59.9 Å². The summed E-state index contributed by atoms with van der Waals surface area (Å²) >= 11 is 3.35. The molecule has 0 radical (unpaired) electrons. The molecule has 0 atom stereocenters. The monoisotopic (exact) mass is 376 g/mol. The van der Waals surface area contributed by atoms with Crippen LogP contribution in [0.3, 0.4) is 0 Å². The molecule has 2 aromatic rings. The zero-order valence-electron chi connectivity index (χ0n) is 12.9. The molecule has 0 bridgehead atoms. The molecule has 0 unspecified atom stereocenters. The van der Waals surface area contributed by atoms with Crippen molar-refractivity contribution in [3.63, 3.8) is 0 Å². The third-order valence-corrected chi connectivity index (χ3v) is 3.47. The number of ether oxygens (including phenoxy) is 2. The molecule has 0 aliphatic heterocycles. The van der Waals surface area contributed by atoms with Crippen molar-refractivity contribution in [2.24, 2.45) is 5.10 Å². The first-order chi connectivity index (χ1) is 11.1. The van der Waals surface area contributed by atoms with Gasteiger partial charge in [0, 0.05) is 4.47 Å². The van der Waals surface area contributed by atoms with E-state index in [9.17, 15) is 4.79 Å². The molecule has 2 aromatic carbocycles. The van der Waals surface area contributed by atoms with Crippen LogP contribution in [-0.2, 0) is 0 Å². The molecule has 0 aliphatic carbocycles. The van der Waals surface area contributed by atoms with E-state index >= 15 is 0 Å². The zero-order chi connectivity index (χ0) is 16.7. The summed E-state index contributed by atoms with van der Waals surface area (Å²) in [7, 11) is 1.61. The van der Waals surface area contributed by atoms with Crippen LogP contribution in [0.15, 0.2) is 52.0 Å². The van der Waals surface area contributed by atoms with E-state index in [1.807, 2.05) is 37.3 Å². The van der Waals surface area contributed by atoms with Gasteiger partial charge in [0.1, 0.15) is 11.5 Å². The molecule has 120 valence electrons. The quantitative estimate of drug-likeness (QED) is 0.618. The number of nitrogens with one attached hydrogen (secondary N) is 1. The summed E-state index contributed by atoms with van der Waals surface area (Å²) in [6.45, 7) is 2.35. The molecular weight excluding hydrogens is 360 g/mol. The van der Waals surface area contributed by atoms with Gasteiger partial charge >= 0.3 is 0 Å². The van der Waals surface area contributed by atoms with Crippen LogP contribution >= 0.6 is 15.9 Å². The molecule has 1 amide bonds. The van der Waals surface area contributed by atoms with Crippen LogP contribution in [0.4, 0.5) is 0 Å². The smallest absolute Gasteiger partial charge is 0.275 e. The number of nitrogens with zero attached hydrogens (tertiary/aromatic N) is 1. The van der Waals surface area contributed by atoms with E-state index in [2.05, 4.69) is 26.5 Å². The molecule has 6 heteroatoms. The van der Waals surface area contributed by atoms with Crippen LogP contribution in [0.1, 0.15) is 22.8 Å². The number of amides is 1. The highest BCUT2D eigenvalue weighted by Gasteiger charge is 2.12. The van der Waals surface area contributed by atoms with Crippen LogP contribution in [-0.4, -0.2) is 25.8 Å². The molecule has 0 spiro atoms. The molecule has 0 heterocycles. The average Bonchev–Trinajstić information content (AvgIpc) is 2.57. The lowest BCUT2D eigenvalue weighted by atomic mass is 10.2. The number of hydrogen-bond acceptors (Lipinski definition) is 4. The number of benzene rings is 2. The van der Waals surface area contributed by atoms with E-state index in [0.717, 1.165) is 15.8 Å². The molecule has 1 N–H and O–H groups in total. The Morgan fingerprint density at radius 1 is 1.26 bits per heavy atom. The third kappa shape index (κ3) is 4.82. The van der Waals surface area contributed by atoms with Crippen molar-refractivity contribution < 1.29 is 14.3 Å². The van der Waals surface area contributed by atoms with Crippen molar-refractivity contribution in [2.45, 2.75) is 6.92 Å². The fourth-order valence-electron chi connectivity index (χ4n) is 1.88. The maximum atomic E-state index is 12.2. The Bertz CT molecular complexity index is 699. The first-order valence-corrected chi connectivity index (χ1v) is 7.83. The van der Waals surface area contributed by atoms with E-state index in [4.69, 9.17) is 9.47 Å². The Kier molecular flexibility index (Phi) is 6.17. The fourth-order valence-corrected chi connectivity index (χ4v) is 2.24. The normalized spacial score (nSPS) is 10.6. The Labute approximate surface area is 143 Å². The van der Waals surface area contributed by atoms with Crippen molar-refractivity contribution in [2.75, 3.05) is 13.7 Å². The number of carbonyl (C=O) groups is 1. The van der Waals surface area contributed by atoms with Crippen molar-refractivity contribution in [1.29, 1.82) is 0 Å². The predicted octanol–water partition coefficient (Wildman–Crippen LogP) is 3.62. The van der Waals surface area contributed by atoms with E-state index < -0.39 is 0 Å². The van der Waals surface area contributed by atoms with Gasteiger partial charge in [-0.1, -0.05) is 15.9 Å². The summed E-state index contributed by atoms with van der Waals surface area (Å²) in [5, 5.41) is 3.97. The minimum Gasteiger partial charge on any atom is -0.497 e. The molecule has 0 fully saturated rings. The van der Waals surface area contributed by atoms with Crippen LogP contribution < -0.4 is 14.9 Å². The van der Waals surface area contributed by atoms with E-state index in [-0.39, 0.29) is 5.91 Å². The van der Waals surface area contributed by atoms with Gasteiger partial charge in [-0.25, -0.2) is 5.43 Å². The van der Waals surface area contributed by atoms with Crippen LogP contribution in [0.5, 0.6) is 11.5 Å². The lowest BCUT2D eigenvalue weighted by Gasteiger charge is -2.09. The van der Waals surface area contributed by atoms with Crippen molar-refractivity contribution in [3.8, 4) is 11.5 Å². The van der Waals surface area contributed by atoms with Gasteiger partial charge in [-0.05, 0) is 55.0 Å². The third-order valence-electron chi connectivity index (χ3n) is 2.98. The highest BCUT2D eigenvalue weighted by molar-refractivity contribution is 9.10. The Morgan fingerprint density at radius 2 is 2.00 bits per heavy atom. The molecule has 5 nitrogen and oxygen atoms in total. The summed E-state index contributed by atoms with van der Waals surface area (Å²) < 4.78 is 11.3. The summed E-state index contributed by atoms with van der Waals surface area (Å²) in [6.07, 6.45) is 1.57. The maximum Gasteiger partial charge on any atom is 0.275 e. The van der Waals surface area contributed by atoms with E-state index in [1.54, 1.807) is 25.5 Å². The predicted molar refractivity (Wildman–Crippen MR) is 93.4 cm³/mol. The molecule has 0 aromatic heterocycles. The minimum absolute atomic E-state index is 0.334. The van der Waals surface area contributed by atoms with Gasteiger partial charge in [0.05, 0.1) is 25.5 Å². The van der Waals surface area contributed by atoms with Gasteiger partial charge in [0.15, 0.2) is 0 Å². The summed E-state index contributed by atoms with van der Waals surface area (Å²) in [5.74, 6) is 0.953. The SMILES string of the molecule is CCOc1ccc(Br)cc1C(=O)NN=Cc1ccc(OC)cc1. The largest absolute Gasteiger partial charge is 0.497 e. The number of hydrazone groups is 1.